The van der Waals surface area contributed by atoms with E-state index in [9.17, 15) is 24.6 Å². The second-order valence-corrected chi connectivity index (χ2v) is 8.41. The van der Waals surface area contributed by atoms with Crippen LogP contribution in [0.25, 0.3) is 0 Å². The first-order chi connectivity index (χ1) is 15.4. The van der Waals surface area contributed by atoms with Gasteiger partial charge in [-0.3, -0.25) is 24.6 Å². The van der Waals surface area contributed by atoms with Crippen molar-refractivity contribution >= 4 is 23.4 Å². The summed E-state index contributed by atoms with van der Waals surface area (Å²) in [6.07, 6.45) is 0.281. The van der Waals surface area contributed by atoms with Crippen molar-refractivity contribution in [3.63, 3.8) is 0 Å². The molecule has 3 aliphatic rings. The Morgan fingerprint density at radius 3 is 2.59 bits per heavy atom. The van der Waals surface area contributed by atoms with Crippen LogP contribution < -0.4 is 10.6 Å². The maximum atomic E-state index is 13.5. The number of para-hydroxylation sites is 1. The minimum Gasteiger partial charge on any atom is -0.504 e. The fraction of sp³-hybridized carbons (Fsp3) is 0.348. The summed E-state index contributed by atoms with van der Waals surface area (Å²) < 4.78 is 5.07. The van der Waals surface area contributed by atoms with E-state index in [4.69, 9.17) is 4.74 Å². The second-order valence-electron chi connectivity index (χ2n) is 8.41. The number of phenols is 2. The van der Waals surface area contributed by atoms with Gasteiger partial charge in [0, 0.05) is 24.4 Å². The van der Waals surface area contributed by atoms with Gasteiger partial charge in [0.25, 0.3) is 0 Å². The molecular weight excluding hydrogens is 414 g/mol. The van der Waals surface area contributed by atoms with E-state index in [1.807, 2.05) is 0 Å². The summed E-state index contributed by atoms with van der Waals surface area (Å²) in [6.45, 7) is 0.323. The van der Waals surface area contributed by atoms with Crippen molar-refractivity contribution in [1.29, 1.82) is 0 Å². The van der Waals surface area contributed by atoms with E-state index in [-0.39, 0.29) is 42.9 Å². The minimum atomic E-state index is -1.36. The van der Waals surface area contributed by atoms with Gasteiger partial charge in [-0.25, -0.2) is 0 Å². The number of nitrogens with one attached hydrogen (secondary N) is 2. The molecule has 4 atom stereocenters. The quantitative estimate of drug-likeness (QED) is 0.401. The Balaban J connectivity index is 1.59. The molecule has 0 bridgehead atoms. The Labute approximate surface area is 184 Å². The Morgan fingerprint density at radius 2 is 1.84 bits per heavy atom. The summed E-state index contributed by atoms with van der Waals surface area (Å²) in [5.74, 6) is -3.27. The number of anilines is 1. The van der Waals surface area contributed by atoms with Crippen molar-refractivity contribution in [2.75, 3.05) is 25.6 Å². The third-order valence-corrected chi connectivity index (χ3v) is 6.73. The van der Waals surface area contributed by atoms with Gasteiger partial charge in [0.15, 0.2) is 11.5 Å². The van der Waals surface area contributed by atoms with Crippen LogP contribution in [0.3, 0.4) is 0 Å². The lowest BCUT2D eigenvalue weighted by Crippen LogP contribution is -2.53. The maximum absolute atomic E-state index is 13.5. The molecule has 0 saturated carbocycles. The van der Waals surface area contributed by atoms with Gasteiger partial charge in [0.1, 0.15) is 5.54 Å². The molecule has 4 N–H and O–H groups in total. The topological polar surface area (TPSA) is 128 Å². The highest BCUT2D eigenvalue weighted by molar-refractivity contribution is 6.15. The number of amides is 3. The van der Waals surface area contributed by atoms with Crippen LogP contribution in [0.15, 0.2) is 42.5 Å². The Morgan fingerprint density at radius 1 is 1.06 bits per heavy atom. The van der Waals surface area contributed by atoms with Gasteiger partial charge >= 0.3 is 0 Å². The number of methoxy groups -OCH3 is 1. The summed E-state index contributed by atoms with van der Waals surface area (Å²) in [5, 5.41) is 25.7. The van der Waals surface area contributed by atoms with Crippen molar-refractivity contribution in [3.8, 4) is 11.5 Å². The molecule has 0 aromatic heterocycles. The Kier molecular flexibility index (Phi) is 4.68. The number of fused-ring (bicyclic) bond motifs is 4. The van der Waals surface area contributed by atoms with Gasteiger partial charge in [-0.2, -0.15) is 0 Å². The molecular formula is C23H23N3O6. The molecule has 3 amide bonds. The molecule has 2 fully saturated rings. The first kappa shape index (κ1) is 20.5. The molecule has 0 aliphatic carbocycles. The molecule has 9 nitrogen and oxygen atoms in total. The second kappa shape index (κ2) is 7.32. The van der Waals surface area contributed by atoms with Crippen LogP contribution in [0, 0.1) is 11.8 Å². The van der Waals surface area contributed by atoms with Crippen LogP contribution in [-0.2, 0) is 31.1 Å². The zero-order chi connectivity index (χ0) is 22.6. The zero-order valence-electron chi connectivity index (χ0n) is 17.4. The SMILES string of the molecule is COCCN1C(=O)[C@H]2[C@@H](C1=O)[C@@]1(N[C@@H]2Cc2ccc(O)c(O)c2)C(=O)Nc2ccccc21. The lowest BCUT2D eigenvalue weighted by atomic mass is 9.76. The van der Waals surface area contributed by atoms with Gasteiger partial charge in [-0.1, -0.05) is 24.3 Å². The minimum absolute atomic E-state index is 0.118. The molecule has 0 unspecified atom stereocenters. The third kappa shape index (κ3) is 2.74. The number of carbonyl (C=O) groups excluding carboxylic acids is 3. The van der Waals surface area contributed by atoms with Gasteiger partial charge in [-0.15, -0.1) is 0 Å². The number of rotatable bonds is 5. The van der Waals surface area contributed by atoms with Crippen LogP contribution >= 0.6 is 0 Å². The Hall–Kier alpha value is -3.43. The molecule has 2 aromatic rings. The molecule has 2 aromatic carbocycles. The van der Waals surface area contributed by atoms with E-state index < -0.39 is 29.3 Å². The molecule has 1 spiro atoms. The Bertz CT molecular complexity index is 1130. The average Bonchev–Trinajstić information content (AvgIpc) is 3.34. The lowest BCUT2D eigenvalue weighted by Gasteiger charge is -2.29. The molecule has 166 valence electrons. The van der Waals surface area contributed by atoms with Crippen molar-refractivity contribution < 1.29 is 29.3 Å². The molecule has 3 heterocycles. The molecule has 9 heteroatoms. The van der Waals surface area contributed by atoms with E-state index in [0.29, 0.717) is 16.8 Å². The smallest absolute Gasteiger partial charge is 0.250 e. The normalized spacial score (nSPS) is 28.3. The van der Waals surface area contributed by atoms with Crippen LogP contribution in [0.5, 0.6) is 11.5 Å². The van der Waals surface area contributed by atoms with E-state index >= 15 is 0 Å². The molecule has 32 heavy (non-hydrogen) atoms. The summed E-state index contributed by atoms with van der Waals surface area (Å²) in [4.78, 5) is 41.4. The fourth-order valence-corrected chi connectivity index (χ4v) is 5.35. The number of nitrogens with zero attached hydrogens (tertiary/aromatic N) is 1. The van der Waals surface area contributed by atoms with Crippen molar-refractivity contribution in [2.45, 2.75) is 18.0 Å². The third-order valence-electron chi connectivity index (χ3n) is 6.73. The fourth-order valence-electron chi connectivity index (χ4n) is 5.35. The van der Waals surface area contributed by atoms with E-state index in [1.54, 1.807) is 30.3 Å². The van der Waals surface area contributed by atoms with Crippen LogP contribution in [-0.4, -0.2) is 59.1 Å². The van der Waals surface area contributed by atoms with Crippen molar-refractivity contribution in [2.24, 2.45) is 11.8 Å². The van der Waals surface area contributed by atoms with E-state index in [2.05, 4.69) is 10.6 Å². The summed E-state index contributed by atoms with van der Waals surface area (Å²) >= 11 is 0. The highest BCUT2D eigenvalue weighted by atomic mass is 16.5. The first-order valence-electron chi connectivity index (χ1n) is 10.4. The largest absolute Gasteiger partial charge is 0.504 e. The number of ether oxygens (including phenoxy) is 1. The number of carbonyl (C=O) groups is 3. The average molecular weight is 437 g/mol. The van der Waals surface area contributed by atoms with Crippen LogP contribution in [0.4, 0.5) is 5.69 Å². The standard InChI is InChI=1S/C23H23N3O6/c1-32-9-8-26-20(29)18-15(10-12-6-7-16(27)17(28)11-12)25-23(19(18)21(26)30)13-4-2-3-5-14(13)24-22(23)31/h2-7,11,15,18-19,25,27-28H,8-10H2,1H3,(H,24,31)/t15-,18-,19+,23-/m1/s1. The number of phenolic OH excluding ortho intramolecular Hbond substituents is 2. The van der Waals surface area contributed by atoms with Crippen LogP contribution in [0.1, 0.15) is 11.1 Å². The summed E-state index contributed by atoms with van der Waals surface area (Å²) in [6, 6.07) is 11.1. The van der Waals surface area contributed by atoms with Gasteiger partial charge < -0.3 is 20.3 Å². The molecule has 2 saturated heterocycles. The van der Waals surface area contributed by atoms with E-state index in [1.165, 1.54) is 24.1 Å². The molecule has 5 rings (SSSR count). The van der Waals surface area contributed by atoms with E-state index in [0.717, 1.165) is 0 Å². The predicted octanol–water partition coefficient (Wildman–Crippen LogP) is 0.707. The summed E-state index contributed by atoms with van der Waals surface area (Å²) in [5.41, 5.74) is 0.559. The van der Waals surface area contributed by atoms with Crippen molar-refractivity contribution in [3.05, 3.63) is 53.6 Å². The number of hydrogen-bond acceptors (Lipinski definition) is 7. The van der Waals surface area contributed by atoms with Crippen molar-refractivity contribution in [1.82, 2.24) is 10.2 Å². The number of imide groups is 1. The highest BCUT2D eigenvalue weighted by Crippen LogP contribution is 2.53. The van der Waals surface area contributed by atoms with Gasteiger partial charge in [0.05, 0.1) is 25.0 Å². The number of hydrogen-bond donors (Lipinski definition) is 4. The highest BCUT2D eigenvalue weighted by Gasteiger charge is 2.70. The molecule has 0 radical (unpaired) electrons. The number of likely N-dealkylation sites (tertiary alicyclic amines) is 1. The summed E-state index contributed by atoms with van der Waals surface area (Å²) in [7, 11) is 1.50. The molecule has 3 aliphatic heterocycles. The number of aromatic hydroxyl groups is 2. The van der Waals surface area contributed by atoms with Gasteiger partial charge in [-0.05, 0) is 30.2 Å². The zero-order valence-corrected chi connectivity index (χ0v) is 17.4. The monoisotopic (exact) mass is 437 g/mol. The lowest BCUT2D eigenvalue weighted by molar-refractivity contribution is -0.143. The number of benzene rings is 2. The predicted molar refractivity (Wildman–Crippen MR) is 113 cm³/mol. The van der Waals surface area contributed by atoms with Gasteiger partial charge in [0.2, 0.25) is 17.7 Å². The van der Waals surface area contributed by atoms with Crippen LogP contribution in [0.2, 0.25) is 0 Å². The maximum Gasteiger partial charge on any atom is 0.250 e. The first-order valence-corrected chi connectivity index (χ1v) is 10.4.